The van der Waals surface area contributed by atoms with Crippen molar-refractivity contribution in [2.75, 3.05) is 27.2 Å². The van der Waals surface area contributed by atoms with Gasteiger partial charge in [0.15, 0.2) is 0 Å². The molecule has 64 valence electrons. The second kappa shape index (κ2) is 3.32. The number of hydrogen-bond donors (Lipinski definition) is 0. The van der Waals surface area contributed by atoms with Gasteiger partial charge in [-0.1, -0.05) is 0 Å². The maximum atomic E-state index is 10.7. The number of rotatable bonds is 1. The highest BCUT2D eigenvalue weighted by atomic mass is 16.1. The predicted octanol–water partition coefficient (Wildman–Crippen LogP) is -0.180. The SMILES string of the molecule is CC1C(C=O)N(C)CCN1C. The number of carbonyl (C=O) groups excluding carboxylic acids is 1. The molecule has 3 nitrogen and oxygen atoms in total. The second-order valence-electron chi connectivity index (χ2n) is 3.33. The normalized spacial score (nSPS) is 35.5. The fourth-order valence-corrected chi connectivity index (χ4v) is 1.51. The third-order valence-corrected chi connectivity index (χ3v) is 2.64. The van der Waals surface area contributed by atoms with Crippen LogP contribution in [0.5, 0.6) is 0 Å². The van der Waals surface area contributed by atoms with E-state index in [1.54, 1.807) is 0 Å². The van der Waals surface area contributed by atoms with E-state index < -0.39 is 0 Å². The van der Waals surface area contributed by atoms with Crippen LogP contribution in [0.2, 0.25) is 0 Å². The van der Waals surface area contributed by atoms with E-state index >= 15 is 0 Å². The maximum absolute atomic E-state index is 10.7. The summed E-state index contributed by atoms with van der Waals surface area (Å²) < 4.78 is 0. The first kappa shape index (κ1) is 8.68. The average molecular weight is 156 g/mol. The molecule has 0 bridgehead atoms. The van der Waals surface area contributed by atoms with Gasteiger partial charge in [-0.3, -0.25) is 4.90 Å². The first-order valence-corrected chi connectivity index (χ1v) is 4.02. The first-order chi connectivity index (χ1) is 5.16. The first-order valence-electron chi connectivity index (χ1n) is 4.02. The summed E-state index contributed by atoms with van der Waals surface area (Å²) in [5, 5.41) is 0. The Balaban J connectivity index is 2.62. The molecule has 0 aromatic heterocycles. The Morgan fingerprint density at radius 1 is 1.27 bits per heavy atom. The van der Waals surface area contributed by atoms with Crippen LogP contribution in [0.1, 0.15) is 6.92 Å². The van der Waals surface area contributed by atoms with Gasteiger partial charge in [0, 0.05) is 19.1 Å². The molecule has 0 amide bonds. The van der Waals surface area contributed by atoms with Gasteiger partial charge in [-0.15, -0.1) is 0 Å². The van der Waals surface area contributed by atoms with Gasteiger partial charge in [-0.2, -0.15) is 0 Å². The zero-order valence-corrected chi connectivity index (χ0v) is 7.45. The third kappa shape index (κ3) is 1.60. The Kier molecular flexibility index (Phi) is 2.62. The Bertz CT molecular complexity index is 149. The minimum atomic E-state index is 0.0775. The molecule has 0 radical (unpaired) electrons. The molecule has 0 aliphatic carbocycles. The van der Waals surface area contributed by atoms with E-state index in [0.717, 1.165) is 19.4 Å². The third-order valence-electron chi connectivity index (χ3n) is 2.64. The number of piperazine rings is 1. The van der Waals surface area contributed by atoms with Crippen LogP contribution >= 0.6 is 0 Å². The summed E-state index contributed by atoms with van der Waals surface area (Å²) in [5.74, 6) is 0. The molecular weight excluding hydrogens is 140 g/mol. The van der Waals surface area contributed by atoms with Gasteiger partial charge in [0.25, 0.3) is 0 Å². The minimum absolute atomic E-state index is 0.0775. The van der Waals surface area contributed by atoms with Crippen molar-refractivity contribution in [2.24, 2.45) is 0 Å². The van der Waals surface area contributed by atoms with Crippen molar-refractivity contribution in [2.45, 2.75) is 19.0 Å². The van der Waals surface area contributed by atoms with Crippen molar-refractivity contribution in [3.8, 4) is 0 Å². The van der Waals surface area contributed by atoms with E-state index in [1.165, 1.54) is 0 Å². The van der Waals surface area contributed by atoms with E-state index in [-0.39, 0.29) is 6.04 Å². The lowest BCUT2D eigenvalue weighted by atomic mass is 10.1. The topological polar surface area (TPSA) is 23.6 Å². The van der Waals surface area contributed by atoms with Crippen molar-refractivity contribution in [1.29, 1.82) is 0 Å². The van der Waals surface area contributed by atoms with Crippen molar-refractivity contribution < 1.29 is 4.79 Å². The number of aldehydes is 1. The van der Waals surface area contributed by atoms with Gasteiger partial charge in [-0.05, 0) is 21.0 Å². The van der Waals surface area contributed by atoms with Gasteiger partial charge in [0.05, 0.1) is 6.04 Å². The van der Waals surface area contributed by atoms with Crippen LogP contribution in [0, 0.1) is 0 Å². The second-order valence-corrected chi connectivity index (χ2v) is 3.33. The fourth-order valence-electron chi connectivity index (χ4n) is 1.51. The summed E-state index contributed by atoms with van der Waals surface area (Å²) in [5.41, 5.74) is 0. The molecule has 0 saturated carbocycles. The van der Waals surface area contributed by atoms with Gasteiger partial charge in [-0.25, -0.2) is 0 Å². The Morgan fingerprint density at radius 2 is 1.82 bits per heavy atom. The summed E-state index contributed by atoms with van der Waals surface area (Å²) in [6.45, 7) is 4.14. The highest BCUT2D eigenvalue weighted by molar-refractivity contribution is 5.59. The lowest BCUT2D eigenvalue weighted by Gasteiger charge is -2.40. The quantitative estimate of drug-likeness (QED) is 0.492. The van der Waals surface area contributed by atoms with Gasteiger partial charge in [0.1, 0.15) is 6.29 Å². The lowest BCUT2D eigenvalue weighted by molar-refractivity contribution is -0.115. The van der Waals surface area contributed by atoms with Crippen molar-refractivity contribution >= 4 is 6.29 Å². The van der Waals surface area contributed by atoms with E-state index in [4.69, 9.17) is 0 Å². The highest BCUT2D eigenvalue weighted by Gasteiger charge is 2.28. The molecule has 3 heteroatoms. The number of hydrogen-bond acceptors (Lipinski definition) is 3. The monoisotopic (exact) mass is 156 g/mol. The van der Waals surface area contributed by atoms with Crippen LogP contribution < -0.4 is 0 Å². The molecule has 1 rings (SSSR count). The fraction of sp³-hybridized carbons (Fsp3) is 0.875. The summed E-state index contributed by atoms with van der Waals surface area (Å²) in [7, 11) is 4.07. The van der Waals surface area contributed by atoms with Crippen molar-refractivity contribution in [1.82, 2.24) is 9.80 Å². The molecular formula is C8H16N2O. The molecule has 2 atom stereocenters. The Labute approximate surface area is 68.0 Å². The van der Waals surface area contributed by atoms with Gasteiger partial charge in [0.2, 0.25) is 0 Å². The number of nitrogens with zero attached hydrogens (tertiary/aromatic N) is 2. The van der Waals surface area contributed by atoms with E-state index in [0.29, 0.717) is 6.04 Å². The Hall–Kier alpha value is -0.410. The van der Waals surface area contributed by atoms with E-state index in [9.17, 15) is 4.79 Å². The predicted molar refractivity (Wildman–Crippen MR) is 44.6 cm³/mol. The molecule has 11 heavy (non-hydrogen) atoms. The molecule has 2 unspecified atom stereocenters. The molecule has 1 aliphatic rings. The van der Waals surface area contributed by atoms with Crippen LogP contribution in [0.4, 0.5) is 0 Å². The van der Waals surface area contributed by atoms with Crippen molar-refractivity contribution in [3.63, 3.8) is 0 Å². The molecule has 0 N–H and O–H groups in total. The average Bonchev–Trinajstić information content (AvgIpc) is 1.99. The van der Waals surface area contributed by atoms with Crippen LogP contribution in [-0.2, 0) is 4.79 Å². The van der Waals surface area contributed by atoms with Gasteiger partial charge >= 0.3 is 0 Å². The smallest absolute Gasteiger partial charge is 0.138 e. The molecule has 1 heterocycles. The molecule has 1 aliphatic heterocycles. The van der Waals surface area contributed by atoms with Gasteiger partial charge < -0.3 is 9.69 Å². The van der Waals surface area contributed by atoms with Crippen molar-refractivity contribution in [3.05, 3.63) is 0 Å². The van der Waals surface area contributed by atoms with E-state index in [2.05, 4.69) is 23.8 Å². The maximum Gasteiger partial charge on any atom is 0.138 e. The lowest BCUT2D eigenvalue weighted by Crippen LogP contribution is -2.56. The molecule has 0 aromatic carbocycles. The summed E-state index contributed by atoms with van der Waals surface area (Å²) in [6.07, 6.45) is 1.04. The molecule has 0 aromatic rings. The van der Waals surface area contributed by atoms with E-state index in [1.807, 2.05) is 7.05 Å². The standard InChI is InChI=1S/C8H16N2O/c1-7-8(6-11)10(3)5-4-9(7)2/h6-8H,4-5H2,1-3H3. The summed E-state index contributed by atoms with van der Waals surface area (Å²) in [4.78, 5) is 15.0. The molecule has 0 spiro atoms. The number of carbonyl (C=O) groups is 1. The van der Waals surface area contributed by atoms with Crippen LogP contribution in [0.3, 0.4) is 0 Å². The number of likely N-dealkylation sites (N-methyl/N-ethyl adjacent to an activating group) is 2. The largest absolute Gasteiger partial charge is 0.302 e. The Morgan fingerprint density at radius 3 is 2.27 bits per heavy atom. The molecule has 1 fully saturated rings. The zero-order valence-electron chi connectivity index (χ0n) is 7.45. The summed E-state index contributed by atoms with van der Waals surface area (Å²) >= 11 is 0. The van der Waals surface area contributed by atoms with Crippen LogP contribution in [-0.4, -0.2) is 55.4 Å². The summed E-state index contributed by atoms with van der Waals surface area (Å²) in [6, 6.07) is 0.431. The zero-order chi connectivity index (χ0) is 8.43. The molecule has 1 saturated heterocycles. The minimum Gasteiger partial charge on any atom is -0.302 e. The highest BCUT2D eigenvalue weighted by Crippen LogP contribution is 2.11. The van der Waals surface area contributed by atoms with Crippen LogP contribution in [0.15, 0.2) is 0 Å². The van der Waals surface area contributed by atoms with Crippen LogP contribution in [0.25, 0.3) is 0 Å².